The molecule has 20 heavy (non-hydrogen) atoms. The highest BCUT2D eigenvalue weighted by atomic mass is 32.1. The Morgan fingerprint density at radius 1 is 1.35 bits per heavy atom. The van der Waals surface area contributed by atoms with E-state index in [4.69, 9.17) is 0 Å². The van der Waals surface area contributed by atoms with Crippen LogP contribution in [0.4, 0.5) is 5.69 Å². The van der Waals surface area contributed by atoms with Gasteiger partial charge in [-0.15, -0.1) is 11.3 Å². The molecule has 4 heteroatoms. The van der Waals surface area contributed by atoms with E-state index in [1.54, 1.807) is 11.3 Å². The van der Waals surface area contributed by atoms with Gasteiger partial charge in [0.1, 0.15) is 0 Å². The number of aryl methyl sites for hydroxylation is 1. The lowest BCUT2D eigenvalue weighted by molar-refractivity contribution is 0.875. The molecule has 1 aliphatic rings. The van der Waals surface area contributed by atoms with Gasteiger partial charge in [-0.2, -0.15) is 0 Å². The molecule has 2 heterocycles. The number of hydrogen-bond acceptors (Lipinski definition) is 2. The largest absolute Gasteiger partial charge is 0.351 e. The molecule has 0 amide bonds. The van der Waals surface area contributed by atoms with Gasteiger partial charge in [0.2, 0.25) is 0 Å². The quantitative estimate of drug-likeness (QED) is 0.678. The van der Waals surface area contributed by atoms with Crippen molar-refractivity contribution < 1.29 is 0 Å². The van der Waals surface area contributed by atoms with Gasteiger partial charge in [0.15, 0.2) is 5.96 Å². The number of benzene rings is 1. The second kappa shape index (κ2) is 5.67. The first-order valence-electron chi connectivity index (χ1n) is 6.88. The fourth-order valence-corrected chi connectivity index (χ4v) is 3.44. The van der Waals surface area contributed by atoms with Crippen LogP contribution in [-0.2, 0) is 13.0 Å². The molecule has 0 atom stereocenters. The summed E-state index contributed by atoms with van der Waals surface area (Å²) in [6.07, 6.45) is 1.09. The summed E-state index contributed by atoms with van der Waals surface area (Å²) in [6.45, 7) is 4.00. The Hall–Kier alpha value is -1.81. The van der Waals surface area contributed by atoms with Crippen LogP contribution in [0.2, 0.25) is 0 Å². The minimum absolute atomic E-state index is 0.842. The van der Waals surface area contributed by atoms with E-state index in [-0.39, 0.29) is 0 Å². The fraction of sp³-hybridized carbons (Fsp3) is 0.312. The van der Waals surface area contributed by atoms with Crippen molar-refractivity contribution in [1.29, 1.82) is 0 Å². The summed E-state index contributed by atoms with van der Waals surface area (Å²) in [5.74, 6) is 0.961. The summed E-state index contributed by atoms with van der Waals surface area (Å²) < 4.78 is 0. The second-order valence-electron chi connectivity index (χ2n) is 4.96. The van der Waals surface area contributed by atoms with Crippen LogP contribution in [0, 0.1) is 6.92 Å². The van der Waals surface area contributed by atoms with Gasteiger partial charge in [-0.25, -0.2) is 0 Å². The van der Waals surface area contributed by atoms with Crippen LogP contribution in [0.3, 0.4) is 0 Å². The fourth-order valence-electron chi connectivity index (χ4n) is 2.60. The van der Waals surface area contributed by atoms with E-state index in [0.717, 1.165) is 25.5 Å². The summed E-state index contributed by atoms with van der Waals surface area (Å²) in [5, 5.41) is 5.62. The third-order valence-electron chi connectivity index (χ3n) is 3.73. The summed E-state index contributed by atoms with van der Waals surface area (Å²) in [5.41, 5.74) is 4.03. The molecule has 1 aromatic heterocycles. The Kier molecular flexibility index (Phi) is 3.74. The Bertz CT molecular complexity index is 630. The maximum atomic E-state index is 4.43. The smallest absolute Gasteiger partial charge is 0.198 e. The predicted octanol–water partition coefficient (Wildman–Crippen LogP) is 3.19. The van der Waals surface area contributed by atoms with Gasteiger partial charge in [0.05, 0.1) is 6.54 Å². The van der Waals surface area contributed by atoms with Gasteiger partial charge in [0, 0.05) is 24.2 Å². The second-order valence-corrected chi connectivity index (χ2v) is 5.96. The molecule has 104 valence electrons. The molecule has 3 rings (SSSR count). The van der Waals surface area contributed by atoms with Crippen molar-refractivity contribution in [2.45, 2.75) is 19.9 Å². The van der Waals surface area contributed by atoms with E-state index >= 15 is 0 Å². The molecule has 0 radical (unpaired) electrons. The first kappa shape index (κ1) is 13.2. The van der Waals surface area contributed by atoms with Crippen molar-refractivity contribution in [3.8, 4) is 0 Å². The number of anilines is 1. The van der Waals surface area contributed by atoms with Crippen LogP contribution < -0.4 is 10.2 Å². The molecule has 2 aromatic rings. The molecule has 0 saturated heterocycles. The number of rotatable bonds is 2. The molecule has 1 N–H and O–H groups in total. The summed E-state index contributed by atoms with van der Waals surface area (Å²) in [6, 6.07) is 10.7. The molecular weight excluding hydrogens is 266 g/mol. The Balaban J connectivity index is 1.74. The average Bonchev–Trinajstić information content (AvgIpc) is 3.07. The average molecular weight is 285 g/mol. The number of hydrogen-bond donors (Lipinski definition) is 1. The van der Waals surface area contributed by atoms with Gasteiger partial charge in [-0.3, -0.25) is 4.99 Å². The summed E-state index contributed by atoms with van der Waals surface area (Å²) >= 11 is 1.79. The minimum Gasteiger partial charge on any atom is -0.351 e. The third-order valence-corrected chi connectivity index (χ3v) is 4.75. The maximum absolute atomic E-state index is 4.43. The number of aliphatic imine (C=N–C) groups is 1. The molecule has 0 aliphatic carbocycles. The topological polar surface area (TPSA) is 27.6 Å². The van der Waals surface area contributed by atoms with Gasteiger partial charge in [0.25, 0.3) is 0 Å². The van der Waals surface area contributed by atoms with Crippen molar-refractivity contribution in [2.24, 2.45) is 4.99 Å². The standard InChI is InChI=1S/C16H19N3S/c1-12-8-10-20-15(12)11-18-16(17-2)19-9-7-13-5-3-4-6-14(13)19/h3-6,8,10H,7,9,11H2,1-2H3,(H,17,18). The zero-order chi connectivity index (χ0) is 13.9. The van der Waals surface area contributed by atoms with Crippen LogP contribution >= 0.6 is 11.3 Å². The highest BCUT2D eigenvalue weighted by molar-refractivity contribution is 7.10. The van der Waals surface area contributed by atoms with Crippen molar-refractivity contribution in [2.75, 3.05) is 18.5 Å². The molecule has 0 saturated carbocycles. The van der Waals surface area contributed by atoms with Crippen molar-refractivity contribution in [3.63, 3.8) is 0 Å². The number of nitrogens with zero attached hydrogens (tertiary/aromatic N) is 2. The Morgan fingerprint density at radius 2 is 2.20 bits per heavy atom. The molecular formula is C16H19N3S. The van der Waals surface area contributed by atoms with E-state index in [0.29, 0.717) is 0 Å². The van der Waals surface area contributed by atoms with Crippen molar-refractivity contribution >= 4 is 23.0 Å². The lowest BCUT2D eigenvalue weighted by Crippen LogP contribution is -2.40. The Morgan fingerprint density at radius 3 is 2.95 bits per heavy atom. The zero-order valence-corrected chi connectivity index (χ0v) is 12.7. The van der Waals surface area contributed by atoms with Crippen LogP contribution in [0.15, 0.2) is 40.7 Å². The normalized spacial score (nSPS) is 14.5. The lowest BCUT2D eigenvalue weighted by atomic mass is 10.2. The molecule has 1 aromatic carbocycles. The van der Waals surface area contributed by atoms with Crippen molar-refractivity contribution in [3.05, 3.63) is 51.7 Å². The molecule has 3 nitrogen and oxygen atoms in total. The van der Waals surface area contributed by atoms with Gasteiger partial charge in [-0.05, 0) is 42.0 Å². The van der Waals surface area contributed by atoms with Crippen LogP contribution in [-0.4, -0.2) is 19.6 Å². The first-order chi connectivity index (χ1) is 9.79. The Labute approximate surface area is 124 Å². The van der Waals surface area contributed by atoms with Crippen LogP contribution in [0.1, 0.15) is 16.0 Å². The van der Waals surface area contributed by atoms with Gasteiger partial charge >= 0.3 is 0 Å². The monoisotopic (exact) mass is 285 g/mol. The number of fused-ring (bicyclic) bond motifs is 1. The van der Waals surface area contributed by atoms with Gasteiger partial charge in [-0.1, -0.05) is 18.2 Å². The van der Waals surface area contributed by atoms with E-state index < -0.39 is 0 Å². The summed E-state index contributed by atoms with van der Waals surface area (Å²) in [4.78, 5) is 8.08. The minimum atomic E-state index is 0.842. The van der Waals surface area contributed by atoms with Crippen LogP contribution in [0.25, 0.3) is 0 Å². The molecule has 0 bridgehead atoms. The SMILES string of the molecule is CN=C(NCc1sccc1C)N1CCc2ccccc21. The number of guanidine groups is 1. The highest BCUT2D eigenvalue weighted by Crippen LogP contribution is 2.27. The van der Waals surface area contributed by atoms with Crippen molar-refractivity contribution in [1.82, 2.24) is 5.32 Å². The van der Waals surface area contributed by atoms with E-state index in [1.807, 2.05) is 7.05 Å². The molecule has 0 spiro atoms. The number of para-hydroxylation sites is 1. The van der Waals surface area contributed by atoms with E-state index in [9.17, 15) is 0 Å². The van der Waals surface area contributed by atoms with E-state index in [1.165, 1.54) is 21.7 Å². The van der Waals surface area contributed by atoms with E-state index in [2.05, 4.69) is 57.8 Å². The highest BCUT2D eigenvalue weighted by Gasteiger charge is 2.22. The number of nitrogens with one attached hydrogen (secondary N) is 1. The van der Waals surface area contributed by atoms with Gasteiger partial charge < -0.3 is 10.2 Å². The first-order valence-corrected chi connectivity index (χ1v) is 7.76. The molecule has 1 aliphatic heterocycles. The number of thiophene rings is 1. The molecule has 0 unspecified atom stereocenters. The third kappa shape index (κ3) is 2.43. The van der Waals surface area contributed by atoms with Crippen LogP contribution in [0.5, 0.6) is 0 Å². The molecule has 0 fully saturated rings. The zero-order valence-electron chi connectivity index (χ0n) is 11.9. The summed E-state index contributed by atoms with van der Waals surface area (Å²) in [7, 11) is 1.85. The predicted molar refractivity (Wildman–Crippen MR) is 86.7 cm³/mol. The maximum Gasteiger partial charge on any atom is 0.198 e. The lowest BCUT2D eigenvalue weighted by Gasteiger charge is -2.22.